The topological polar surface area (TPSA) is 24.5 Å². The van der Waals surface area contributed by atoms with Crippen LogP contribution in [0, 0.1) is 0 Å². The second kappa shape index (κ2) is 4.80. The molecule has 1 N–H and O–H groups in total. The van der Waals surface area contributed by atoms with E-state index < -0.39 is 0 Å². The van der Waals surface area contributed by atoms with Gasteiger partial charge in [-0.1, -0.05) is 12.1 Å². The molecule has 1 atom stereocenters. The molecule has 3 heterocycles. The fourth-order valence-electron chi connectivity index (χ4n) is 3.80. The third-order valence-electron chi connectivity index (χ3n) is 4.64. The van der Waals surface area contributed by atoms with Gasteiger partial charge in [-0.15, -0.1) is 0 Å². The number of aryl methyl sites for hydroxylation is 1. The molecule has 19 heavy (non-hydrogen) atoms. The van der Waals surface area contributed by atoms with Crippen molar-refractivity contribution in [2.75, 3.05) is 37.7 Å². The van der Waals surface area contributed by atoms with Gasteiger partial charge in [0.05, 0.1) is 12.7 Å². The molecule has 0 bridgehead atoms. The summed E-state index contributed by atoms with van der Waals surface area (Å²) in [7, 11) is 0. The highest BCUT2D eigenvalue weighted by Gasteiger charge is 2.26. The van der Waals surface area contributed by atoms with Crippen LogP contribution in [-0.4, -0.2) is 38.9 Å². The molecule has 1 unspecified atom stereocenters. The van der Waals surface area contributed by atoms with Crippen molar-refractivity contribution in [2.24, 2.45) is 0 Å². The molecule has 0 spiro atoms. The Balaban J connectivity index is 1.60. The largest absolute Gasteiger partial charge is 0.375 e. The van der Waals surface area contributed by atoms with Gasteiger partial charge >= 0.3 is 0 Å². The normalized spacial score (nSPS) is 25.5. The molecule has 1 saturated heterocycles. The summed E-state index contributed by atoms with van der Waals surface area (Å²) in [6, 6.07) is 4.87. The van der Waals surface area contributed by atoms with Gasteiger partial charge in [0, 0.05) is 31.9 Å². The zero-order valence-electron chi connectivity index (χ0n) is 11.5. The van der Waals surface area contributed by atoms with Crippen LogP contribution < -0.4 is 10.2 Å². The van der Waals surface area contributed by atoms with Gasteiger partial charge in [-0.3, -0.25) is 0 Å². The Morgan fingerprint density at radius 1 is 1.21 bits per heavy atom. The highest BCUT2D eigenvalue weighted by molar-refractivity contribution is 5.65. The molecule has 3 heteroatoms. The van der Waals surface area contributed by atoms with E-state index in [9.17, 15) is 0 Å². The molecular weight excluding hydrogens is 236 g/mol. The van der Waals surface area contributed by atoms with Crippen LogP contribution >= 0.6 is 0 Å². The zero-order valence-corrected chi connectivity index (χ0v) is 11.5. The van der Waals surface area contributed by atoms with Crippen LogP contribution in [0.5, 0.6) is 0 Å². The lowest BCUT2D eigenvalue weighted by Gasteiger charge is -2.28. The van der Waals surface area contributed by atoms with Crippen molar-refractivity contribution in [1.29, 1.82) is 0 Å². The molecule has 0 amide bonds. The standard InChI is InChI=1S/C16H22N2O/c1-2-13-8-12(10-15-11-17-4-7-19-15)9-14-3-6-18(5-1)16(13)14/h8-9,15,17H,1-7,10-11H2. The van der Waals surface area contributed by atoms with Gasteiger partial charge in [-0.25, -0.2) is 0 Å². The Morgan fingerprint density at radius 2 is 2.11 bits per heavy atom. The average molecular weight is 258 g/mol. The smallest absolute Gasteiger partial charge is 0.0740 e. The molecule has 0 aromatic heterocycles. The van der Waals surface area contributed by atoms with Gasteiger partial charge in [-0.2, -0.15) is 0 Å². The van der Waals surface area contributed by atoms with E-state index in [0.29, 0.717) is 6.10 Å². The van der Waals surface area contributed by atoms with E-state index in [0.717, 1.165) is 26.1 Å². The molecule has 0 saturated carbocycles. The van der Waals surface area contributed by atoms with Crippen molar-refractivity contribution in [3.8, 4) is 0 Å². The first kappa shape index (κ1) is 11.7. The van der Waals surface area contributed by atoms with Gasteiger partial charge in [0.25, 0.3) is 0 Å². The van der Waals surface area contributed by atoms with Crippen molar-refractivity contribution < 1.29 is 4.74 Å². The summed E-state index contributed by atoms with van der Waals surface area (Å²) in [5.41, 5.74) is 6.21. The number of anilines is 1. The Labute approximate surface area is 114 Å². The molecule has 1 aromatic carbocycles. The van der Waals surface area contributed by atoms with Gasteiger partial charge < -0.3 is 15.0 Å². The van der Waals surface area contributed by atoms with Crippen LogP contribution in [0.3, 0.4) is 0 Å². The predicted molar refractivity (Wildman–Crippen MR) is 77.0 cm³/mol. The minimum Gasteiger partial charge on any atom is -0.375 e. The molecular formula is C16H22N2O. The summed E-state index contributed by atoms with van der Waals surface area (Å²) < 4.78 is 5.84. The van der Waals surface area contributed by atoms with E-state index >= 15 is 0 Å². The first-order valence-corrected chi connectivity index (χ1v) is 7.62. The Morgan fingerprint density at radius 3 is 2.95 bits per heavy atom. The van der Waals surface area contributed by atoms with Crippen LogP contribution in [0.25, 0.3) is 0 Å². The second-order valence-corrected chi connectivity index (χ2v) is 6.00. The molecule has 1 fully saturated rings. The third kappa shape index (κ3) is 2.15. The predicted octanol–water partition coefficient (Wildman–Crippen LogP) is 1.53. The van der Waals surface area contributed by atoms with E-state index in [1.165, 1.54) is 37.9 Å². The fourth-order valence-corrected chi connectivity index (χ4v) is 3.80. The number of nitrogens with zero attached hydrogens (tertiary/aromatic N) is 1. The van der Waals surface area contributed by atoms with E-state index in [1.54, 1.807) is 16.8 Å². The maximum absolute atomic E-state index is 5.84. The molecule has 0 aliphatic carbocycles. The lowest BCUT2D eigenvalue weighted by atomic mass is 9.94. The molecule has 3 nitrogen and oxygen atoms in total. The van der Waals surface area contributed by atoms with Crippen molar-refractivity contribution >= 4 is 5.69 Å². The Kier molecular flexibility index (Phi) is 2.97. The maximum atomic E-state index is 5.84. The van der Waals surface area contributed by atoms with Crippen molar-refractivity contribution in [1.82, 2.24) is 5.32 Å². The van der Waals surface area contributed by atoms with E-state index in [4.69, 9.17) is 4.74 Å². The summed E-state index contributed by atoms with van der Waals surface area (Å²) in [5, 5.41) is 3.42. The third-order valence-corrected chi connectivity index (χ3v) is 4.64. The van der Waals surface area contributed by atoms with Crippen LogP contribution in [0.2, 0.25) is 0 Å². The second-order valence-electron chi connectivity index (χ2n) is 6.00. The fraction of sp³-hybridized carbons (Fsp3) is 0.625. The quantitative estimate of drug-likeness (QED) is 0.870. The molecule has 0 radical (unpaired) electrons. The number of hydrogen-bond acceptors (Lipinski definition) is 3. The number of morpholine rings is 1. The Hall–Kier alpha value is -1.06. The monoisotopic (exact) mass is 258 g/mol. The molecule has 102 valence electrons. The van der Waals surface area contributed by atoms with Crippen molar-refractivity contribution in [2.45, 2.75) is 31.8 Å². The van der Waals surface area contributed by atoms with Gasteiger partial charge in [0.15, 0.2) is 0 Å². The highest BCUT2D eigenvalue weighted by atomic mass is 16.5. The number of hydrogen-bond donors (Lipinski definition) is 1. The van der Waals surface area contributed by atoms with Gasteiger partial charge in [0.2, 0.25) is 0 Å². The average Bonchev–Trinajstić information content (AvgIpc) is 2.85. The maximum Gasteiger partial charge on any atom is 0.0740 e. The molecule has 1 aromatic rings. The van der Waals surface area contributed by atoms with E-state index in [-0.39, 0.29) is 0 Å². The SMILES string of the molecule is c1c(CC2CNCCO2)cc2c3c1CCCN3CC2. The molecule has 4 rings (SSSR count). The van der Waals surface area contributed by atoms with Gasteiger partial charge in [0.1, 0.15) is 0 Å². The number of rotatable bonds is 2. The first-order chi connectivity index (χ1) is 9.40. The highest BCUT2D eigenvalue weighted by Crippen LogP contribution is 2.37. The summed E-state index contributed by atoms with van der Waals surface area (Å²) in [4.78, 5) is 2.58. The minimum atomic E-state index is 0.361. The van der Waals surface area contributed by atoms with Crippen molar-refractivity contribution in [3.63, 3.8) is 0 Å². The molecule has 3 aliphatic heterocycles. The lowest BCUT2D eigenvalue weighted by molar-refractivity contribution is 0.0292. The zero-order chi connectivity index (χ0) is 12.7. The van der Waals surface area contributed by atoms with Gasteiger partial charge in [-0.05, 0) is 42.4 Å². The molecule has 3 aliphatic rings. The summed E-state index contributed by atoms with van der Waals surface area (Å²) in [5.74, 6) is 0. The summed E-state index contributed by atoms with van der Waals surface area (Å²) in [6.07, 6.45) is 5.24. The van der Waals surface area contributed by atoms with Crippen LogP contribution in [-0.2, 0) is 24.0 Å². The van der Waals surface area contributed by atoms with E-state index in [1.807, 2.05) is 0 Å². The van der Waals surface area contributed by atoms with E-state index in [2.05, 4.69) is 22.3 Å². The number of benzene rings is 1. The number of ether oxygens (including phenoxy) is 1. The minimum absolute atomic E-state index is 0.361. The summed E-state index contributed by atoms with van der Waals surface area (Å²) >= 11 is 0. The van der Waals surface area contributed by atoms with Crippen LogP contribution in [0.15, 0.2) is 12.1 Å². The van der Waals surface area contributed by atoms with Crippen LogP contribution in [0.4, 0.5) is 5.69 Å². The van der Waals surface area contributed by atoms with Crippen molar-refractivity contribution in [3.05, 3.63) is 28.8 Å². The lowest BCUT2D eigenvalue weighted by Crippen LogP contribution is -2.39. The van der Waals surface area contributed by atoms with Crippen LogP contribution in [0.1, 0.15) is 23.1 Å². The first-order valence-electron chi connectivity index (χ1n) is 7.62. The Bertz CT molecular complexity index is 480. The number of nitrogens with one attached hydrogen (secondary N) is 1. The summed E-state index contributed by atoms with van der Waals surface area (Å²) in [6.45, 7) is 5.35.